The Morgan fingerprint density at radius 2 is 2.10 bits per heavy atom. The van der Waals surface area contributed by atoms with E-state index >= 15 is 0 Å². The summed E-state index contributed by atoms with van der Waals surface area (Å²) < 4.78 is 8.03. The molecule has 4 heteroatoms. The number of hydrogen-bond donors (Lipinski definition) is 0. The average Bonchev–Trinajstić information content (AvgIpc) is 2.44. The van der Waals surface area contributed by atoms with E-state index in [0.717, 1.165) is 15.4 Å². The second-order valence-corrected chi connectivity index (χ2v) is 5.12. The largest absolute Gasteiger partial charge is 0.480 e. The maximum Gasteiger partial charge on any atom is 0.258 e. The average molecular weight is 330 g/mol. The number of fused-ring (bicyclic) bond motifs is 1. The van der Waals surface area contributed by atoms with E-state index in [9.17, 15) is 4.79 Å². The molecule has 0 saturated carbocycles. The van der Waals surface area contributed by atoms with Crippen molar-refractivity contribution >= 4 is 26.8 Å². The SMILES string of the molecule is C#CCOc1c(CC#C)c(=O)n(C)c2ccc(Br)cc12. The number of hydrogen-bond acceptors (Lipinski definition) is 2. The number of aryl methyl sites for hydroxylation is 1. The van der Waals surface area contributed by atoms with Crippen molar-refractivity contribution in [3.8, 4) is 30.4 Å². The highest BCUT2D eigenvalue weighted by Crippen LogP contribution is 2.30. The molecule has 0 spiro atoms. The van der Waals surface area contributed by atoms with Crippen molar-refractivity contribution in [3.05, 3.63) is 38.6 Å². The summed E-state index contributed by atoms with van der Waals surface area (Å²) in [6.07, 6.45) is 10.8. The Labute approximate surface area is 125 Å². The lowest BCUT2D eigenvalue weighted by molar-refractivity contribution is 0.370. The minimum absolute atomic E-state index is 0.0896. The van der Waals surface area contributed by atoms with E-state index in [1.165, 1.54) is 0 Å². The van der Waals surface area contributed by atoms with Crippen molar-refractivity contribution < 1.29 is 4.74 Å². The van der Waals surface area contributed by atoms with Crippen LogP contribution in [0.25, 0.3) is 10.9 Å². The lowest BCUT2D eigenvalue weighted by atomic mass is 10.1. The number of nitrogens with zero attached hydrogens (tertiary/aromatic N) is 1. The van der Waals surface area contributed by atoms with Crippen molar-refractivity contribution in [1.29, 1.82) is 0 Å². The Hall–Kier alpha value is -2.17. The van der Waals surface area contributed by atoms with E-state index in [1.54, 1.807) is 11.6 Å². The van der Waals surface area contributed by atoms with Gasteiger partial charge in [-0.2, -0.15) is 0 Å². The zero-order valence-corrected chi connectivity index (χ0v) is 12.5. The van der Waals surface area contributed by atoms with Gasteiger partial charge in [0.2, 0.25) is 0 Å². The molecule has 0 unspecified atom stereocenters. The molecule has 1 aromatic heterocycles. The molecule has 0 bridgehead atoms. The van der Waals surface area contributed by atoms with Gasteiger partial charge >= 0.3 is 0 Å². The van der Waals surface area contributed by atoms with Crippen molar-refractivity contribution in [3.63, 3.8) is 0 Å². The minimum Gasteiger partial charge on any atom is -0.480 e. The van der Waals surface area contributed by atoms with Gasteiger partial charge in [-0.05, 0) is 18.2 Å². The first-order valence-electron chi connectivity index (χ1n) is 5.91. The highest BCUT2D eigenvalue weighted by molar-refractivity contribution is 9.10. The molecule has 1 heterocycles. The van der Waals surface area contributed by atoms with Crippen LogP contribution in [0.4, 0.5) is 0 Å². The summed E-state index contributed by atoms with van der Waals surface area (Å²) in [5.41, 5.74) is 1.06. The van der Waals surface area contributed by atoms with Gasteiger partial charge in [0.05, 0.1) is 11.1 Å². The third-order valence-electron chi connectivity index (χ3n) is 2.98. The van der Waals surface area contributed by atoms with Crippen LogP contribution in [0.2, 0.25) is 0 Å². The fourth-order valence-corrected chi connectivity index (χ4v) is 2.45. The molecule has 1 aromatic carbocycles. The zero-order chi connectivity index (χ0) is 14.7. The van der Waals surface area contributed by atoms with E-state index in [4.69, 9.17) is 17.6 Å². The van der Waals surface area contributed by atoms with E-state index in [2.05, 4.69) is 27.8 Å². The highest BCUT2D eigenvalue weighted by atomic mass is 79.9. The second-order valence-electron chi connectivity index (χ2n) is 4.21. The number of rotatable bonds is 3. The van der Waals surface area contributed by atoms with Crippen LogP contribution in [-0.4, -0.2) is 11.2 Å². The quantitative estimate of drug-likeness (QED) is 0.810. The summed E-state index contributed by atoms with van der Waals surface area (Å²) in [6.45, 7) is 0.0896. The van der Waals surface area contributed by atoms with Crippen LogP contribution in [0.3, 0.4) is 0 Å². The van der Waals surface area contributed by atoms with Gasteiger partial charge < -0.3 is 9.30 Å². The lowest BCUT2D eigenvalue weighted by Gasteiger charge is -2.14. The standard InChI is InChI=1S/C16H12BrNO2/c1-4-6-12-15(20-9-5-2)13-10-11(17)7-8-14(13)18(3)16(12)19/h1-2,7-8,10H,6,9H2,3H3. The molecule has 0 saturated heterocycles. The molecule has 0 N–H and O–H groups in total. The third kappa shape index (κ3) is 2.43. The van der Waals surface area contributed by atoms with Crippen molar-refractivity contribution in [2.45, 2.75) is 6.42 Å². The fraction of sp³-hybridized carbons (Fsp3) is 0.188. The van der Waals surface area contributed by atoms with Crippen molar-refractivity contribution in [2.75, 3.05) is 6.61 Å². The Balaban J connectivity index is 2.88. The second kappa shape index (κ2) is 5.86. The molecule has 20 heavy (non-hydrogen) atoms. The molecule has 0 fully saturated rings. The number of halogens is 1. The monoisotopic (exact) mass is 329 g/mol. The number of ether oxygens (including phenoxy) is 1. The molecular weight excluding hydrogens is 318 g/mol. The van der Waals surface area contributed by atoms with Crippen LogP contribution in [0, 0.1) is 24.7 Å². The molecule has 2 rings (SSSR count). The molecule has 0 aliphatic heterocycles. The molecule has 0 amide bonds. The summed E-state index contributed by atoms with van der Waals surface area (Å²) in [7, 11) is 1.71. The summed E-state index contributed by atoms with van der Waals surface area (Å²) in [5, 5.41) is 0.807. The maximum absolute atomic E-state index is 12.4. The summed E-state index contributed by atoms with van der Waals surface area (Å²) in [4.78, 5) is 12.4. The van der Waals surface area contributed by atoms with Crippen molar-refractivity contribution in [1.82, 2.24) is 4.57 Å². The Bertz CT molecular complexity index is 806. The zero-order valence-electron chi connectivity index (χ0n) is 10.9. The molecule has 100 valence electrons. The first-order chi connectivity index (χ1) is 9.60. The van der Waals surface area contributed by atoms with Gasteiger partial charge in [0, 0.05) is 23.3 Å². The molecule has 0 aliphatic rings. The summed E-state index contributed by atoms with van der Waals surface area (Å²) in [5.74, 6) is 5.37. The van der Waals surface area contributed by atoms with Gasteiger partial charge in [0.15, 0.2) is 0 Å². The van der Waals surface area contributed by atoms with Crippen LogP contribution >= 0.6 is 15.9 Å². The molecule has 0 radical (unpaired) electrons. The molecule has 2 aromatic rings. The normalized spacial score (nSPS) is 10.0. The Morgan fingerprint density at radius 3 is 2.75 bits per heavy atom. The lowest BCUT2D eigenvalue weighted by Crippen LogP contribution is -2.23. The third-order valence-corrected chi connectivity index (χ3v) is 3.47. The topological polar surface area (TPSA) is 31.2 Å². The van der Waals surface area contributed by atoms with Crippen LogP contribution in [0.15, 0.2) is 27.5 Å². The molecule has 0 aliphatic carbocycles. The van der Waals surface area contributed by atoms with Crippen LogP contribution in [0.5, 0.6) is 5.75 Å². The van der Waals surface area contributed by atoms with Gasteiger partial charge in [0.25, 0.3) is 5.56 Å². The minimum atomic E-state index is -0.162. The highest BCUT2D eigenvalue weighted by Gasteiger charge is 2.16. The summed E-state index contributed by atoms with van der Waals surface area (Å²) >= 11 is 3.42. The predicted octanol–water partition coefficient (Wildman–Crippen LogP) is 2.49. The van der Waals surface area contributed by atoms with Crippen molar-refractivity contribution in [2.24, 2.45) is 7.05 Å². The fourth-order valence-electron chi connectivity index (χ4n) is 2.09. The molecule has 3 nitrogen and oxygen atoms in total. The predicted molar refractivity (Wildman–Crippen MR) is 83.8 cm³/mol. The van der Waals surface area contributed by atoms with Crippen LogP contribution in [-0.2, 0) is 13.5 Å². The number of aromatic nitrogens is 1. The number of pyridine rings is 1. The van der Waals surface area contributed by atoms with Crippen LogP contribution < -0.4 is 10.3 Å². The molecule has 0 atom stereocenters. The van der Waals surface area contributed by atoms with E-state index < -0.39 is 0 Å². The van der Waals surface area contributed by atoms with Gasteiger partial charge in [0.1, 0.15) is 12.4 Å². The Kier molecular flexibility index (Phi) is 4.17. The number of terminal acetylenes is 2. The van der Waals surface area contributed by atoms with Gasteiger partial charge in [-0.1, -0.05) is 21.9 Å². The maximum atomic E-state index is 12.4. The van der Waals surface area contributed by atoms with Gasteiger partial charge in [-0.3, -0.25) is 4.79 Å². The Morgan fingerprint density at radius 1 is 1.35 bits per heavy atom. The first-order valence-corrected chi connectivity index (χ1v) is 6.70. The van der Waals surface area contributed by atoms with Gasteiger partial charge in [-0.25, -0.2) is 0 Å². The van der Waals surface area contributed by atoms with E-state index in [1.807, 2.05) is 18.2 Å². The van der Waals surface area contributed by atoms with E-state index in [-0.39, 0.29) is 18.6 Å². The van der Waals surface area contributed by atoms with E-state index in [0.29, 0.717) is 11.3 Å². The smallest absolute Gasteiger partial charge is 0.258 e. The van der Waals surface area contributed by atoms with Crippen LogP contribution in [0.1, 0.15) is 5.56 Å². The summed E-state index contributed by atoms with van der Waals surface area (Å²) in [6, 6.07) is 5.61. The first kappa shape index (κ1) is 14.2. The molecular formula is C16H12BrNO2. The number of benzene rings is 1. The van der Waals surface area contributed by atoms with Gasteiger partial charge in [-0.15, -0.1) is 18.8 Å².